The summed E-state index contributed by atoms with van der Waals surface area (Å²) in [5.74, 6) is -0.717. The molecule has 0 bridgehead atoms. The summed E-state index contributed by atoms with van der Waals surface area (Å²) >= 11 is 0. The van der Waals surface area contributed by atoms with E-state index in [2.05, 4.69) is 6.58 Å². The summed E-state index contributed by atoms with van der Waals surface area (Å²) in [5, 5.41) is 8.44. The highest BCUT2D eigenvalue weighted by molar-refractivity contribution is 7.49. The summed E-state index contributed by atoms with van der Waals surface area (Å²) < 4.78 is 0. The number of carboxylic acid groups (broad SMARTS) is 1. The molecular formula is C8H14B4O2. The van der Waals surface area contributed by atoms with Crippen LogP contribution in [0.5, 0.6) is 0 Å². The standard InChI is InChI=1S/C8H14B4O2/c1-3-5-7(6-4-2)9-11-12-10-8(13)14/h3-6,9-12H,1H2,2H3,(H,13,14)/b6-4-,7-5+. The number of rotatable bonds is 7. The molecule has 0 saturated heterocycles. The molecule has 0 rings (SSSR count). The van der Waals surface area contributed by atoms with Crippen LogP contribution in [-0.2, 0) is 0 Å². The lowest BCUT2D eigenvalue weighted by Crippen LogP contribution is -2.24. The van der Waals surface area contributed by atoms with Crippen LogP contribution in [0.25, 0.3) is 0 Å². The summed E-state index contributed by atoms with van der Waals surface area (Å²) in [6.07, 6.45) is 7.72. The Bertz CT molecular complexity index is 248. The van der Waals surface area contributed by atoms with E-state index in [4.69, 9.17) is 5.11 Å². The summed E-state index contributed by atoms with van der Waals surface area (Å²) in [7, 11) is 2.83. The number of carbonyl (C=O) groups is 1. The summed E-state index contributed by atoms with van der Waals surface area (Å²) in [4.78, 5) is 10.3. The van der Waals surface area contributed by atoms with Crippen molar-refractivity contribution in [3.63, 3.8) is 0 Å². The molecule has 0 unspecified atom stereocenters. The molecule has 0 saturated carbocycles. The molecule has 0 aliphatic rings. The molecule has 70 valence electrons. The zero-order valence-electron chi connectivity index (χ0n) is 8.70. The van der Waals surface area contributed by atoms with Crippen molar-refractivity contribution >= 4 is 34.3 Å². The molecule has 0 atom stereocenters. The van der Waals surface area contributed by atoms with Gasteiger partial charge in [0.25, 0.3) is 0 Å². The molecule has 0 amide bonds. The van der Waals surface area contributed by atoms with Gasteiger partial charge in [-0.25, -0.2) is 0 Å². The van der Waals surface area contributed by atoms with E-state index in [-0.39, 0.29) is 7.17 Å². The van der Waals surface area contributed by atoms with Crippen LogP contribution in [0.2, 0.25) is 0 Å². The largest absolute Gasteiger partial charge is 0.490 e. The molecule has 0 aliphatic heterocycles. The molecule has 0 heterocycles. The van der Waals surface area contributed by atoms with Crippen molar-refractivity contribution in [1.29, 1.82) is 0 Å². The van der Waals surface area contributed by atoms with E-state index in [1.165, 1.54) is 5.47 Å². The Morgan fingerprint density at radius 1 is 1.36 bits per heavy atom. The molecule has 0 aromatic heterocycles. The molecule has 0 aromatic carbocycles. The first-order valence-corrected chi connectivity index (χ1v) is 4.86. The Morgan fingerprint density at radius 3 is 2.50 bits per heavy atom. The van der Waals surface area contributed by atoms with E-state index in [1.807, 2.05) is 25.2 Å². The Balaban J connectivity index is 3.78. The molecule has 1 N–H and O–H groups in total. The van der Waals surface area contributed by atoms with E-state index in [9.17, 15) is 4.79 Å². The van der Waals surface area contributed by atoms with Gasteiger partial charge < -0.3 is 5.11 Å². The van der Waals surface area contributed by atoms with Crippen molar-refractivity contribution < 1.29 is 9.90 Å². The molecular weight excluding hydrogens is 171 g/mol. The van der Waals surface area contributed by atoms with Crippen LogP contribution >= 0.6 is 0 Å². The molecule has 0 aliphatic carbocycles. The lowest BCUT2D eigenvalue weighted by molar-refractivity contribution is 0.220. The highest BCUT2D eigenvalue weighted by Gasteiger charge is 2.04. The first-order valence-electron chi connectivity index (χ1n) is 4.86. The maximum atomic E-state index is 10.3. The first kappa shape index (κ1) is 12.9. The molecule has 2 nitrogen and oxygen atoms in total. The van der Waals surface area contributed by atoms with Gasteiger partial charge in [-0.05, 0) is 6.92 Å². The normalized spacial score (nSPS) is 10.8. The zero-order chi connectivity index (χ0) is 10.8. The third-order valence-electron chi connectivity index (χ3n) is 1.82. The van der Waals surface area contributed by atoms with Gasteiger partial charge in [-0.1, -0.05) is 36.4 Å². The monoisotopic (exact) mass is 186 g/mol. The van der Waals surface area contributed by atoms with Crippen LogP contribution in [0.4, 0.5) is 4.79 Å². The third kappa shape index (κ3) is 7.59. The van der Waals surface area contributed by atoms with E-state index in [0.29, 0.717) is 0 Å². The molecule has 6 heteroatoms. The fourth-order valence-corrected chi connectivity index (χ4v) is 1.19. The summed E-state index contributed by atoms with van der Waals surface area (Å²) in [6.45, 7) is 5.60. The minimum absolute atomic E-state index is 0.261. The van der Waals surface area contributed by atoms with Crippen LogP contribution in [0.3, 0.4) is 0 Å². The Hall–Kier alpha value is -1.05. The number of hydrogen-bond donors (Lipinski definition) is 1. The van der Waals surface area contributed by atoms with Gasteiger partial charge >= 0.3 is 0 Å². The van der Waals surface area contributed by atoms with E-state index < -0.39 is 5.87 Å². The minimum Gasteiger partial charge on any atom is -0.490 e. The topological polar surface area (TPSA) is 37.3 Å². The molecule has 14 heavy (non-hydrogen) atoms. The smallest absolute Gasteiger partial charge is 0.235 e. The molecule has 0 fully saturated rings. The van der Waals surface area contributed by atoms with Gasteiger partial charge in [0.1, 0.15) is 7.17 Å². The lowest BCUT2D eigenvalue weighted by atomic mass is 9.07. The van der Waals surface area contributed by atoms with Crippen LogP contribution in [0, 0.1) is 0 Å². The van der Waals surface area contributed by atoms with Gasteiger partial charge in [0.05, 0.1) is 14.1 Å². The predicted molar refractivity (Wildman–Crippen MR) is 69.7 cm³/mol. The quantitative estimate of drug-likeness (QED) is 0.339. The molecule has 0 spiro atoms. The second-order valence-corrected chi connectivity index (χ2v) is 3.08. The van der Waals surface area contributed by atoms with Crippen molar-refractivity contribution in [2.75, 3.05) is 0 Å². The van der Waals surface area contributed by atoms with Gasteiger partial charge in [0.2, 0.25) is 13.0 Å². The highest BCUT2D eigenvalue weighted by Crippen LogP contribution is 1.93. The van der Waals surface area contributed by atoms with E-state index >= 15 is 0 Å². The number of allylic oxidation sites excluding steroid dienone is 5. The van der Waals surface area contributed by atoms with Crippen molar-refractivity contribution in [2.45, 2.75) is 6.92 Å². The summed E-state index contributed by atoms with van der Waals surface area (Å²) in [5.41, 5.74) is 1.20. The van der Waals surface area contributed by atoms with Gasteiger partial charge in [-0.3, -0.25) is 4.79 Å². The van der Waals surface area contributed by atoms with Crippen molar-refractivity contribution in [2.24, 2.45) is 0 Å². The van der Waals surface area contributed by atoms with Gasteiger partial charge in [-0.2, -0.15) is 0 Å². The average molecular weight is 185 g/mol. The summed E-state index contributed by atoms with van der Waals surface area (Å²) in [6, 6.07) is 0. The zero-order valence-corrected chi connectivity index (χ0v) is 8.70. The van der Waals surface area contributed by atoms with Crippen molar-refractivity contribution in [3.05, 3.63) is 36.4 Å². The van der Waals surface area contributed by atoms with E-state index in [1.54, 1.807) is 6.08 Å². The lowest BCUT2D eigenvalue weighted by Gasteiger charge is -1.95. The minimum atomic E-state index is -0.717. The second kappa shape index (κ2) is 8.54. The third-order valence-corrected chi connectivity index (χ3v) is 1.82. The Morgan fingerprint density at radius 2 is 2.00 bits per heavy atom. The maximum Gasteiger partial charge on any atom is 0.235 e. The Kier molecular flexibility index (Phi) is 7.90. The molecule has 0 aromatic rings. The first-order chi connectivity index (χ1) is 6.70. The number of hydrogen-bond acceptors (Lipinski definition) is 1. The van der Waals surface area contributed by atoms with Crippen molar-refractivity contribution in [1.82, 2.24) is 0 Å². The van der Waals surface area contributed by atoms with Crippen LogP contribution in [0.15, 0.2) is 36.4 Å². The second-order valence-electron chi connectivity index (χ2n) is 3.08. The molecule has 0 radical (unpaired) electrons. The SMILES string of the molecule is C=C/C=C(BBBBC(=O)O)\C=C/C. The van der Waals surface area contributed by atoms with Gasteiger partial charge in [-0.15, -0.1) is 0 Å². The van der Waals surface area contributed by atoms with Crippen LogP contribution < -0.4 is 0 Å². The highest BCUT2D eigenvalue weighted by atomic mass is 16.4. The fourth-order valence-electron chi connectivity index (χ4n) is 1.19. The van der Waals surface area contributed by atoms with E-state index in [0.717, 1.165) is 21.3 Å². The maximum absolute atomic E-state index is 10.3. The van der Waals surface area contributed by atoms with Crippen LogP contribution in [0.1, 0.15) is 6.92 Å². The predicted octanol–water partition coefficient (Wildman–Crippen LogP) is -0.199. The van der Waals surface area contributed by atoms with Crippen molar-refractivity contribution in [3.8, 4) is 0 Å². The van der Waals surface area contributed by atoms with Crippen LogP contribution in [-0.4, -0.2) is 39.4 Å². The van der Waals surface area contributed by atoms with Gasteiger partial charge in [0.15, 0.2) is 0 Å². The van der Waals surface area contributed by atoms with Gasteiger partial charge in [0, 0.05) is 0 Å². The fraction of sp³-hybridized carbons (Fsp3) is 0.125. The Labute approximate surface area is 88.1 Å². The average Bonchev–Trinajstić information content (AvgIpc) is 2.12.